The average Bonchev–Trinajstić information content (AvgIpc) is 3.00. The number of amides is 2. The molecule has 44 heavy (non-hydrogen) atoms. The number of fused-ring (bicyclic) bond motifs is 3. The van der Waals surface area contributed by atoms with Gasteiger partial charge in [-0.1, -0.05) is 30.3 Å². The summed E-state index contributed by atoms with van der Waals surface area (Å²) < 4.78 is 6.15. The van der Waals surface area contributed by atoms with E-state index < -0.39 is 11.7 Å². The molecule has 0 aliphatic rings. The topological polar surface area (TPSA) is 163 Å². The third kappa shape index (κ3) is 7.00. The standard InChI is InChI=1S/C31H34N8O5/c1-31(2,3)44-30(41)37(20-10-18-33-29-36-39(43)26-16-7-6-15-25(26)38(29)42)19-9-17-32-28(40)21-11-8-14-24-27(21)35-23-13-5-4-12-22(23)34-24/h4-8,11-16H,9-10,17-20H2,1-3H3,(H,32,40)(H,33,36). The molecule has 2 amide bonds. The van der Waals surface area contributed by atoms with Crippen LogP contribution in [0.15, 0.2) is 66.7 Å². The van der Waals surface area contributed by atoms with E-state index in [4.69, 9.17) is 4.74 Å². The molecule has 13 heteroatoms. The molecule has 228 valence electrons. The van der Waals surface area contributed by atoms with Gasteiger partial charge in [0.05, 0.1) is 28.7 Å². The van der Waals surface area contributed by atoms with Crippen LogP contribution in [0.1, 0.15) is 44.0 Å². The van der Waals surface area contributed by atoms with E-state index in [-0.39, 0.29) is 29.4 Å². The van der Waals surface area contributed by atoms with E-state index in [1.54, 1.807) is 56.0 Å². The number of carbonyl (C=O) groups is 2. The van der Waals surface area contributed by atoms with Crippen LogP contribution in [0.25, 0.3) is 33.1 Å². The SMILES string of the molecule is CC(C)(C)OC(=O)N(CCCNC(=O)c1cccc2nc3ccccc3nc12)CCCNc1n[n+]([O-])c2ccccc2[n+]1[O-]. The van der Waals surface area contributed by atoms with Crippen molar-refractivity contribution in [2.75, 3.05) is 31.5 Å². The lowest BCUT2D eigenvalue weighted by atomic mass is 10.1. The molecular formula is C31H34N8O5. The third-order valence-electron chi connectivity index (χ3n) is 6.73. The number of nitrogens with one attached hydrogen (secondary N) is 2. The Bertz CT molecular complexity index is 1820. The molecule has 0 saturated carbocycles. The summed E-state index contributed by atoms with van der Waals surface area (Å²) in [4.78, 5) is 37.3. The van der Waals surface area contributed by atoms with Crippen molar-refractivity contribution < 1.29 is 23.9 Å². The van der Waals surface area contributed by atoms with Crippen LogP contribution in [0.2, 0.25) is 0 Å². The summed E-state index contributed by atoms with van der Waals surface area (Å²) in [5.74, 6) is -0.408. The van der Waals surface area contributed by atoms with Gasteiger partial charge in [-0.3, -0.25) is 10.1 Å². The molecule has 0 atom stereocenters. The highest BCUT2D eigenvalue weighted by atomic mass is 16.6. The van der Waals surface area contributed by atoms with Gasteiger partial charge in [0, 0.05) is 30.5 Å². The minimum atomic E-state index is -0.688. The number of hydrogen-bond acceptors (Lipinski definition) is 9. The summed E-state index contributed by atoms with van der Waals surface area (Å²) in [6.07, 6.45) is 0.433. The van der Waals surface area contributed by atoms with E-state index in [2.05, 4.69) is 25.7 Å². The second-order valence-corrected chi connectivity index (χ2v) is 11.2. The molecule has 3 aromatic carbocycles. The van der Waals surface area contributed by atoms with Crippen molar-refractivity contribution in [1.82, 2.24) is 25.3 Å². The fourth-order valence-electron chi connectivity index (χ4n) is 4.68. The van der Waals surface area contributed by atoms with Crippen LogP contribution < -0.4 is 20.2 Å². The Morgan fingerprint density at radius 3 is 2.20 bits per heavy atom. The lowest BCUT2D eigenvalue weighted by molar-refractivity contribution is -0.672. The summed E-state index contributed by atoms with van der Waals surface area (Å²) in [7, 11) is 0. The number of para-hydroxylation sites is 5. The summed E-state index contributed by atoms with van der Waals surface area (Å²) in [5, 5.41) is 34.5. The first-order valence-corrected chi connectivity index (χ1v) is 14.4. The van der Waals surface area contributed by atoms with Crippen molar-refractivity contribution in [3.63, 3.8) is 0 Å². The smallest absolute Gasteiger partial charge is 0.460 e. The first kappa shape index (κ1) is 30.1. The molecule has 2 heterocycles. The minimum absolute atomic E-state index is 0.128. The number of ether oxygens (including phenoxy) is 1. The number of rotatable bonds is 10. The Hall–Kier alpha value is -5.33. The predicted octanol–water partition coefficient (Wildman–Crippen LogP) is 3.46. The van der Waals surface area contributed by atoms with Crippen molar-refractivity contribution in [3.05, 3.63) is 82.7 Å². The zero-order valence-corrected chi connectivity index (χ0v) is 24.8. The van der Waals surface area contributed by atoms with Crippen LogP contribution in [0, 0.1) is 10.4 Å². The van der Waals surface area contributed by atoms with Gasteiger partial charge in [-0.15, -0.1) is 0 Å². The maximum Gasteiger partial charge on any atom is 0.460 e. The van der Waals surface area contributed by atoms with E-state index in [1.165, 1.54) is 6.07 Å². The number of carbonyl (C=O) groups excluding carboxylic acids is 2. The second-order valence-electron chi connectivity index (χ2n) is 11.2. The molecule has 2 aromatic heterocycles. The minimum Gasteiger partial charge on any atom is -0.739 e. The van der Waals surface area contributed by atoms with E-state index >= 15 is 0 Å². The molecule has 2 N–H and O–H groups in total. The lowest BCUT2D eigenvalue weighted by Gasteiger charge is -2.27. The summed E-state index contributed by atoms with van der Waals surface area (Å²) in [5.41, 5.74) is 2.71. The van der Waals surface area contributed by atoms with Gasteiger partial charge in [0.1, 0.15) is 11.1 Å². The normalized spacial score (nSPS) is 11.5. The molecule has 0 bridgehead atoms. The van der Waals surface area contributed by atoms with Gasteiger partial charge in [0.15, 0.2) is 5.52 Å². The van der Waals surface area contributed by atoms with Gasteiger partial charge in [0.25, 0.3) is 11.4 Å². The molecule has 0 unspecified atom stereocenters. The number of anilines is 1. The molecule has 0 spiro atoms. The zero-order chi connectivity index (χ0) is 31.3. The first-order chi connectivity index (χ1) is 21.1. The van der Waals surface area contributed by atoms with Crippen LogP contribution in [-0.2, 0) is 4.74 Å². The Kier molecular flexibility index (Phi) is 8.83. The average molecular weight is 599 g/mol. The van der Waals surface area contributed by atoms with Crippen LogP contribution in [0.4, 0.5) is 10.7 Å². The Balaban J connectivity index is 1.18. The van der Waals surface area contributed by atoms with Gasteiger partial charge in [-0.05, 0) is 63.9 Å². The Labute approximate surface area is 253 Å². The van der Waals surface area contributed by atoms with Crippen LogP contribution in [0.3, 0.4) is 0 Å². The van der Waals surface area contributed by atoms with Gasteiger partial charge >= 0.3 is 12.0 Å². The zero-order valence-electron chi connectivity index (χ0n) is 24.8. The quantitative estimate of drug-likeness (QED) is 0.106. The van der Waals surface area contributed by atoms with Crippen LogP contribution in [-0.4, -0.2) is 63.7 Å². The summed E-state index contributed by atoms with van der Waals surface area (Å²) in [6, 6.07) is 19.2. The monoisotopic (exact) mass is 598 g/mol. The molecule has 5 aromatic rings. The maximum absolute atomic E-state index is 13.1. The fraction of sp³-hybridized carbons (Fsp3) is 0.323. The highest BCUT2D eigenvalue weighted by molar-refractivity contribution is 6.06. The second kappa shape index (κ2) is 12.9. The molecule has 5 rings (SSSR count). The summed E-state index contributed by atoms with van der Waals surface area (Å²) in [6.45, 7) is 6.60. The lowest BCUT2D eigenvalue weighted by Crippen LogP contribution is -2.44. The third-order valence-corrected chi connectivity index (χ3v) is 6.73. The number of nitrogens with zero attached hydrogens (tertiary/aromatic N) is 6. The number of hydrogen-bond donors (Lipinski definition) is 2. The van der Waals surface area contributed by atoms with Gasteiger partial charge in [-0.2, -0.15) is 0 Å². The molecular weight excluding hydrogens is 564 g/mol. The van der Waals surface area contributed by atoms with Crippen molar-refractivity contribution in [2.45, 2.75) is 39.2 Å². The summed E-state index contributed by atoms with van der Waals surface area (Å²) >= 11 is 0. The molecule has 0 aliphatic heterocycles. The van der Waals surface area contributed by atoms with Gasteiger partial charge < -0.3 is 25.4 Å². The number of benzene rings is 3. The molecule has 0 radical (unpaired) electrons. The molecule has 13 nitrogen and oxygen atoms in total. The Morgan fingerprint density at radius 2 is 1.48 bits per heavy atom. The van der Waals surface area contributed by atoms with Crippen molar-refractivity contribution in [3.8, 4) is 0 Å². The van der Waals surface area contributed by atoms with Crippen molar-refractivity contribution >= 4 is 51.0 Å². The van der Waals surface area contributed by atoms with Crippen LogP contribution >= 0.6 is 0 Å². The van der Waals surface area contributed by atoms with E-state index in [0.717, 1.165) is 5.52 Å². The molecule has 0 fully saturated rings. The van der Waals surface area contributed by atoms with E-state index in [9.17, 15) is 20.0 Å². The molecule has 0 aliphatic carbocycles. The van der Waals surface area contributed by atoms with E-state index in [0.29, 0.717) is 64.2 Å². The fourth-order valence-corrected chi connectivity index (χ4v) is 4.68. The van der Waals surface area contributed by atoms with Crippen LogP contribution in [0.5, 0.6) is 0 Å². The van der Waals surface area contributed by atoms with Crippen molar-refractivity contribution in [2.24, 2.45) is 0 Å². The first-order valence-electron chi connectivity index (χ1n) is 14.4. The highest BCUT2D eigenvalue weighted by Crippen LogP contribution is 2.19. The van der Waals surface area contributed by atoms with E-state index in [1.807, 2.05) is 30.3 Å². The van der Waals surface area contributed by atoms with Gasteiger partial charge in [-0.25, -0.2) is 19.5 Å². The predicted molar refractivity (Wildman–Crippen MR) is 165 cm³/mol. The largest absolute Gasteiger partial charge is 0.739 e. The Morgan fingerprint density at radius 1 is 0.841 bits per heavy atom. The van der Waals surface area contributed by atoms with Crippen molar-refractivity contribution in [1.29, 1.82) is 0 Å². The maximum atomic E-state index is 13.1. The highest BCUT2D eigenvalue weighted by Gasteiger charge is 2.23. The van der Waals surface area contributed by atoms with Gasteiger partial charge in [0.2, 0.25) is 5.10 Å². The molecule has 0 saturated heterocycles. The number of aromatic nitrogens is 5.